The van der Waals surface area contributed by atoms with Crippen LogP contribution in [0.4, 0.5) is 10.5 Å². The third kappa shape index (κ3) is 4.75. The number of H-pyrrole nitrogens is 1. The van der Waals surface area contributed by atoms with Crippen LogP contribution in [0.15, 0.2) is 54.9 Å². The van der Waals surface area contributed by atoms with Crippen molar-refractivity contribution in [2.45, 2.75) is 38.9 Å². The lowest BCUT2D eigenvalue weighted by Gasteiger charge is -2.31. The Labute approximate surface area is 236 Å². The van der Waals surface area contributed by atoms with Gasteiger partial charge in [0.1, 0.15) is 12.0 Å². The third-order valence-corrected chi connectivity index (χ3v) is 8.00. The second-order valence-corrected chi connectivity index (χ2v) is 11.0. The predicted molar refractivity (Wildman–Crippen MR) is 155 cm³/mol. The number of carboxylic acid groups (broad SMARTS) is 1. The van der Waals surface area contributed by atoms with Crippen LogP contribution in [0.25, 0.3) is 27.9 Å². The number of carbonyl (C=O) groups excluding carboxylic acids is 1. The van der Waals surface area contributed by atoms with Crippen LogP contribution >= 0.6 is 0 Å². The Morgan fingerprint density at radius 3 is 2.61 bits per heavy atom. The maximum atomic E-state index is 13.7. The van der Waals surface area contributed by atoms with E-state index in [2.05, 4.69) is 15.0 Å². The van der Waals surface area contributed by atoms with Gasteiger partial charge >= 0.3 is 6.09 Å². The summed E-state index contributed by atoms with van der Waals surface area (Å²) in [5.74, 6) is -0.156. The van der Waals surface area contributed by atoms with Gasteiger partial charge in [0.25, 0.3) is 5.91 Å². The molecule has 4 N–H and O–H groups in total. The second-order valence-electron chi connectivity index (χ2n) is 11.0. The largest absolute Gasteiger partial charge is 0.465 e. The minimum absolute atomic E-state index is 0.156. The summed E-state index contributed by atoms with van der Waals surface area (Å²) in [6.45, 7) is 4.33. The van der Waals surface area contributed by atoms with Gasteiger partial charge in [0, 0.05) is 47.4 Å². The SMILES string of the molecule is CC(C)(O)c1ccc2c(c1)CCN(c1cccc(-c3ncnc4[nH]c(C5=CCN(C(=O)O)CC5)cc34)c1CO)C2=O. The fraction of sp³-hybridized carbons (Fsp3) is 0.290. The molecule has 6 rings (SSSR count). The molecule has 0 aliphatic carbocycles. The molecule has 0 fully saturated rings. The molecule has 2 aromatic heterocycles. The summed E-state index contributed by atoms with van der Waals surface area (Å²) in [6, 6.07) is 13.0. The Kier molecular flexibility index (Phi) is 6.59. The van der Waals surface area contributed by atoms with Gasteiger partial charge in [-0.1, -0.05) is 30.3 Å². The van der Waals surface area contributed by atoms with E-state index in [4.69, 9.17) is 0 Å². The number of hydrogen-bond donors (Lipinski definition) is 4. The van der Waals surface area contributed by atoms with Crippen molar-refractivity contribution in [2.24, 2.45) is 0 Å². The molecule has 0 saturated heterocycles. The summed E-state index contributed by atoms with van der Waals surface area (Å²) in [6.07, 6.45) is 3.63. The summed E-state index contributed by atoms with van der Waals surface area (Å²) in [7, 11) is 0. The van der Waals surface area contributed by atoms with Gasteiger partial charge in [-0.05, 0) is 61.6 Å². The van der Waals surface area contributed by atoms with E-state index in [1.54, 1.807) is 30.9 Å². The van der Waals surface area contributed by atoms with Crippen LogP contribution in [0.2, 0.25) is 0 Å². The van der Waals surface area contributed by atoms with Crippen molar-refractivity contribution in [1.82, 2.24) is 19.9 Å². The van der Waals surface area contributed by atoms with Gasteiger partial charge in [-0.2, -0.15) is 0 Å². The molecule has 0 spiro atoms. The van der Waals surface area contributed by atoms with Crippen LogP contribution in [-0.2, 0) is 18.6 Å². The molecule has 2 aromatic carbocycles. The summed E-state index contributed by atoms with van der Waals surface area (Å²) < 4.78 is 0. The number of aromatic nitrogens is 3. The lowest BCUT2D eigenvalue weighted by Crippen LogP contribution is -2.38. The molecule has 0 saturated carbocycles. The number of fused-ring (bicyclic) bond motifs is 2. The van der Waals surface area contributed by atoms with E-state index in [1.807, 2.05) is 36.4 Å². The summed E-state index contributed by atoms with van der Waals surface area (Å²) in [5.41, 5.74) is 6.28. The molecule has 2 aliphatic rings. The van der Waals surface area contributed by atoms with Crippen molar-refractivity contribution in [3.63, 3.8) is 0 Å². The van der Waals surface area contributed by atoms with Crippen molar-refractivity contribution in [3.8, 4) is 11.3 Å². The smallest absolute Gasteiger partial charge is 0.407 e. The summed E-state index contributed by atoms with van der Waals surface area (Å²) in [5, 5.41) is 31.0. The number of aliphatic hydroxyl groups is 2. The number of anilines is 1. The molecule has 2 amide bonds. The van der Waals surface area contributed by atoms with Gasteiger partial charge < -0.3 is 30.1 Å². The normalized spacial score (nSPS) is 15.7. The van der Waals surface area contributed by atoms with Crippen LogP contribution in [0.1, 0.15) is 53.0 Å². The number of nitrogens with zero attached hydrogens (tertiary/aromatic N) is 4. The zero-order valence-corrected chi connectivity index (χ0v) is 22.9. The Balaban J connectivity index is 1.37. The number of hydrogen-bond acceptors (Lipinski definition) is 6. The van der Waals surface area contributed by atoms with E-state index in [0.717, 1.165) is 27.8 Å². The first-order chi connectivity index (χ1) is 19.7. The van der Waals surface area contributed by atoms with Gasteiger partial charge in [-0.3, -0.25) is 4.79 Å². The van der Waals surface area contributed by atoms with Gasteiger partial charge in [-0.25, -0.2) is 14.8 Å². The van der Waals surface area contributed by atoms with E-state index in [1.165, 1.54) is 11.2 Å². The highest BCUT2D eigenvalue weighted by Crippen LogP contribution is 2.37. The molecule has 4 aromatic rings. The maximum Gasteiger partial charge on any atom is 0.407 e. The summed E-state index contributed by atoms with van der Waals surface area (Å²) in [4.78, 5) is 40.3. The van der Waals surface area contributed by atoms with Crippen molar-refractivity contribution in [3.05, 3.63) is 82.8 Å². The van der Waals surface area contributed by atoms with Crippen LogP contribution in [0.3, 0.4) is 0 Å². The molecule has 2 aliphatic heterocycles. The number of aromatic amines is 1. The molecule has 4 heterocycles. The predicted octanol–water partition coefficient (Wildman–Crippen LogP) is 4.31. The number of benzene rings is 2. The lowest BCUT2D eigenvalue weighted by atomic mass is 9.90. The topological polar surface area (TPSA) is 143 Å². The van der Waals surface area contributed by atoms with Crippen LogP contribution in [-0.4, -0.2) is 66.8 Å². The van der Waals surface area contributed by atoms with E-state index >= 15 is 0 Å². The molecule has 41 heavy (non-hydrogen) atoms. The second kappa shape index (κ2) is 10.1. The van der Waals surface area contributed by atoms with Crippen LogP contribution < -0.4 is 4.90 Å². The van der Waals surface area contributed by atoms with Crippen molar-refractivity contribution >= 4 is 34.3 Å². The van der Waals surface area contributed by atoms with Gasteiger partial charge in [-0.15, -0.1) is 0 Å². The molecule has 0 bridgehead atoms. The van der Waals surface area contributed by atoms with E-state index < -0.39 is 11.7 Å². The van der Waals surface area contributed by atoms with Gasteiger partial charge in [0.15, 0.2) is 0 Å². The highest BCUT2D eigenvalue weighted by atomic mass is 16.4. The highest BCUT2D eigenvalue weighted by molar-refractivity contribution is 6.09. The minimum atomic E-state index is -0.999. The quantitative estimate of drug-likeness (QED) is 0.288. The highest BCUT2D eigenvalue weighted by Gasteiger charge is 2.30. The number of aliphatic hydroxyl groups excluding tert-OH is 1. The minimum Gasteiger partial charge on any atom is -0.465 e. The molecule has 0 unspecified atom stereocenters. The maximum absolute atomic E-state index is 13.7. The lowest BCUT2D eigenvalue weighted by molar-refractivity contribution is 0.0783. The average Bonchev–Trinajstić information content (AvgIpc) is 3.41. The summed E-state index contributed by atoms with van der Waals surface area (Å²) >= 11 is 0. The Bertz CT molecular complexity index is 1720. The third-order valence-electron chi connectivity index (χ3n) is 8.00. The van der Waals surface area contributed by atoms with Crippen molar-refractivity contribution in [2.75, 3.05) is 24.5 Å². The number of amides is 2. The average molecular weight is 554 g/mol. The first kappa shape index (κ1) is 26.7. The van der Waals surface area contributed by atoms with Crippen molar-refractivity contribution in [1.29, 1.82) is 0 Å². The Morgan fingerprint density at radius 2 is 1.90 bits per heavy atom. The molecule has 0 radical (unpaired) electrons. The number of rotatable bonds is 5. The van der Waals surface area contributed by atoms with Crippen molar-refractivity contribution < 1.29 is 24.9 Å². The zero-order chi connectivity index (χ0) is 28.9. The van der Waals surface area contributed by atoms with Gasteiger partial charge in [0.05, 0.1) is 23.6 Å². The Morgan fingerprint density at radius 1 is 1.07 bits per heavy atom. The monoisotopic (exact) mass is 553 g/mol. The van der Waals surface area contributed by atoms with E-state index in [-0.39, 0.29) is 12.5 Å². The zero-order valence-electron chi connectivity index (χ0n) is 22.9. The first-order valence-corrected chi connectivity index (χ1v) is 13.6. The van der Waals surface area contributed by atoms with E-state index in [0.29, 0.717) is 66.2 Å². The number of nitrogens with one attached hydrogen (secondary N) is 1. The molecule has 10 nitrogen and oxygen atoms in total. The van der Waals surface area contributed by atoms with Crippen LogP contribution in [0, 0.1) is 0 Å². The fourth-order valence-electron chi connectivity index (χ4n) is 5.73. The van der Waals surface area contributed by atoms with Gasteiger partial charge in [0.2, 0.25) is 0 Å². The van der Waals surface area contributed by atoms with Crippen LogP contribution in [0.5, 0.6) is 0 Å². The van der Waals surface area contributed by atoms with E-state index in [9.17, 15) is 24.9 Å². The molecule has 0 atom stereocenters. The molecular formula is C31H31N5O5. The molecular weight excluding hydrogens is 522 g/mol. The Hall–Kier alpha value is -4.54. The first-order valence-electron chi connectivity index (χ1n) is 13.6. The molecule has 210 valence electrons. The molecule has 10 heteroatoms. The standard InChI is InChI=1S/C31H31N5O5/c1-31(2,41)20-6-7-21-19(14-20)10-13-36(29(21)38)26-5-3-4-22(24(26)16-37)27-23-15-25(34-28(23)33-17-32-27)18-8-11-35(12-9-18)30(39)40/h3-8,14-15,17,37,41H,9-13,16H2,1-2H3,(H,39,40)(H,32,33,34). The fourth-order valence-corrected chi connectivity index (χ4v) is 5.73. The number of carbonyl (C=O) groups is 2.